The van der Waals surface area contributed by atoms with Crippen LogP contribution in [0.3, 0.4) is 0 Å². The van der Waals surface area contributed by atoms with Crippen LogP contribution in [0, 0.1) is 0 Å². The minimum Gasteiger partial charge on any atom is -0.870 e. The molecule has 0 spiro atoms. The quantitative estimate of drug-likeness (QED) is 0.440. The van der Waals surface area contributed by atoms with E-state index in [9.17, 15) is 0 Å². The molecule has 52 valence electrons. The molecule has 7 heavy (non-hydrogen) atoms. The van der Waals surface area contributed by atoms with Gasteiger partial charge in [0, 0.05) is 0 Å². The zero-order chi connectivity index (χ0) is 0. The van der Waals surface area contributed by atoms with Crippen molar-refractivity contribution in [3.05, 3.63) is 0 Å². The Hall–Kier alpha value is 0.448. The molecule has 0 aromatic heterocycles. The predicted octanol–water partition coefficient (Wildman–Crippen LogP) is -1.68. The van der Waals surface area contributed by atoms with Gasteiger partial charge < -0.3 is 34.2 Å². The van der Waals surface area contributed by atoms with Crippen molar-refractivity contribution in [3.63, 3.8) is 0 Å². The zero-order valence-corrected chi connectivity index (χ0v) is 5.72. The van der Waals surface area contributed by atoms with Gasteiger partial charge in [-0.15, -0.1) is 0 Å². The van der Waals surface area contributed by atoms with Gasteiger partial charge in [0.15, 0.2) is 0 Å². The van der Waals surface area contributed by atoms with Crippen LogP contribution in [0.5, 0.6) is 0 Å². The second-order valence-electron chi connectivity index (χ2n) is 0. The van der Waals surface area contributed by atoms with Gasteiger partial charge in [-0.2, -0.15) is 0 Å². The average Bonchev–Trinajstić information content (AvgIpc) is 0. The summed E-state index contributed by atoms with van der Waals surface area (Å²) in [5.74, 6) is 0. The van der Waals surface area contributed by atoms with Crippen LogP contribution in [0.15, 0.2) is 0 Å². The van der Waals surface area contributed by atoms with E-state index in [4.69, 9.17) is 0 Å². The maximum absolute atomic E-state index is 0. The van der Waals surface area contributed by atoms with E-state index in [1.165, 1.54) is 0 Å². The molecule has 0 aliphatic carbocycles. The van der Waals surface area contributed by atoms with Gasteiger partial charge in [-0.05, 0) is 0 Å². The van der Waals surface area contributed by atoms with Crippen LogP contribution in [0.25, 0.3) is 0 Å². The summed E-state index contributed by atoms with van der Waals surface area (Å²) in [4.78, 5) is 0. The van der Waals surface area contributed by atoms with E-state index in [1.54, 1.807) is 0 Å². The molecule has 6 nitrogen and oxygen atoms in total. The molecule has 0 aliphatic rings. The van der Waals surface area contributed by atoms with Crippen molar-refractivity contribution in [2.75, 3.05) is 0 Å². The molecule has 0 saturated carbocycles. The van der Waals surface area contributed by atoms with E-state index in [2.05, 4.69) is 0 Å². The Kier molecular flexibility index (Phi) is 210000. The fourth-order valence-corrected chi connectivity index (χ4v) is 0. The minimum atomic E-state index is 0. The molecule has 0 amide bonds. The summed E-state index contributed by atoms with van der Waals surface area (Å²) in [6, 6.07) is 0. The van der Waals surface area contributed by atoms with Crippen molar-refractivity contribution in [1.29, 1.82) is 0 Å². The minimum absolute atomic E-state index is 0. The monoisotopic (exact) mass is 202 g/mol. The van der Waals surface area contributed by atoms with Gasteiger partial charge in [0.2, 0.25) is 0 Å². The molecular weight excluding hydrogens is 188 g/mol. The summed E-state index contributed by atoms with van der Waals surface area (Å²) in [5.41, 5.74) is 0. The molecule has 0 unspecified atom stereocenters. The van der Waals surface area contributed by atoms with Crippen LogP contribution in [0.2, 0.25) is 0 Å². The third kappa shape index (κ3) is 635. The summed E-state index contributed by atoms with van der Waals surface area (Å²) in [7, 11) is 0. The molecule has 0 aromatic rings. The van der Waals surface area contributed by atoms with Crippen LogP contribution in [0.1, 0.15) is 0 Å². The van der Waals surface area contributed by atoms with E-state index >= 15 is 0 Å². The third-order valence-electron chi connectivity index (χ3n) is 0. The number of hydrogen-bond acceptors (Lipinski definition) is 4. The second kappa shape index (κ2) is 952. The molecule has 0 rings (SSSR count). The number of rotatable bonds is 0. The fraction of sp³-hybridized carbons (Fsp3) is 0. The zero-order valence-electron chi connectivity index (χ0n) is 3.72. The molecule has 0 heterocycles. The summed E-state index contributed by atoms with van der Waals surface area (Å²) < 4.78 is 0. The third-order valence-corrected chi connectivity index (χ3v) is 0. The molecule has 0 aliphatic heterocycles. The maximum Gasteiger partial charge on any atom is 2.00 e. The van der Waals surface area contributed by atoms with Crippen LogP contribution >= 0.6 is 0 Å². The Morgan fingerprint density at radius 2 is 0.571 bits per heavy atom. The van der Waals surface area contributed by atoms with Crippen molar-refractivity contribution >= 4 is 0 Å². The normalized spacial score (nSPS) is 0. The van der Waals surface area contributed by atoms with Gasteiger partial charge in [0.25, 0.3) is 0 Å². The topological polar surface area (TPSA) is 193 Å². The van der Waals surface area contributed by atoms with E-state index < -0.39 is 0 Å². The van der Waals surface area contributed by atoms with Gasteiger partial charge in [0.1, 0.15) is 0 Å². The van der Waals surface area contributed by atoms with Crippen LogP contribution in [0.4, 0.5) is 0 Å². The van der Waals surface area contributed by atoms with Crippen molar-refractivity contribution in [3.8, 4) is 0 Å². The van der Waals surface area contributed by atoms with Crippen LogP contribution in [-0.4, -0.2) is 21.9 Å². The van der Waals surface area contributed by atoms with Crippen LogP contribution in [-0.2, 0) is 21.1 Å². The molecular formula is H12MoN2O4. The van der Waals surface area contributed by atoms with Gasteiger partial charge >= 0.3 is 21.1 Å². The standard InChI is InChI=1S/Mo.2H3N.4H2O/h;2*1H3;4*1H2/q+2;;;;;;/p-2. The first-order valence-corrected chi connectivity index (χ1v) is 0. The van der Waals surface area contributed by atoms with Gasteiger partial charge in [-0.25, -0.2) is 0 Å². The van der Waals surface area contributed by atoms with Crippen molar-refractivity contribution in [2.24, 2.45) is 0 Å². The van der Waals surface area contributed by atoms with E-state index in [0.29, 0.717) is 0 Å². The van der Waals surface area contributed by atoms with Gasteiger partial charge in [-0.3, -0.25) is 0 Å². The molecule has 12 N–H and O–H groups in total. The average molecular weight is 200 g/mol. The Bertz CT molecular complexity index is 9.65. The van der Waals surface area contributed by atoms with Gasteiger partial charge in [0.05, 0.1) is 0 Å². The number of hydrogen-bond donors (Lipinski definition) is 2. The fourth-order valence-electron chi connectivity index (χ4n) is 0. The summed E-state index contributed by atoms with van der Waals surface area (Å²) in [6.45, 7) is 0. The summed E-state index contributed by atoms with van der Waals surface area (Å²) in [5, 5.41) is 0. The van der Waals surface area contributed by atoms with Crippen molar-refractivity contribution in [1.82, 2.24) is 12.3 Å². The molecule has 0 saturated heterocycles. The molecule has 0 fully saturated rings. The smallest absolute Gasteiger partial charge is 0.870 e. The van der Waals surface area contributed by atoms with E-state index in [0.717, 1.165) is 0 Å². The predicted molar refractivity (Wildman–Crippen MR) is 21.1 cm³/mol. The first-order chi connectivity index (χ1) is 0. The first-order valence-electron chi connectivity index (χ1n) is 0. The SMILES string of the molecule is N.N.O.O.[Mo+2].[OH-].[OH-]. The maximum atomic E-state index is 0. The van der Waals surface area contributed by atoms with E-state index in [-0.39, 0.29) is 55.3 Å². The molecule has 0 radical (unpaired) electrons. The first kappa shape index (κ1) is 1540. The Morgan fingerprint density at radius 3 is 0.571 bits per heavy atom. The van der Waals surface area contributed by atoms with Crippen LogP contribution < -0.4 is 12.3 Å². The molecule has 0 bridgehead atoms. The Balaban J connectivity index is 0. The van der Waals surface area contributed by atoms with Gasteiger partial charge in [-0.1, -0.05) is 0 Å². The summed E-state index contributed by atoms with van der Waals surface area (Å²) in [6.07, 6.45) is 0. The Morgan fingerprint density at radius 1 is 0.571 bits per heavy atom. The second-order valence-corrected chi connectivity index (χ2v) is 0. The Labute approximate surface area is 56.0 Å². The van der Waals surface area contributed by atoms with E-state index in [1.807, 2.05) is 0 Å². The van der Waals surface area contributed by atoms with Crippen molar-refractivity contribution in [2.45, 2.75) is 0 Å². The molecule has 0 atom stereocenters. The molecule has 7 heteroatoms. The summed E-state index contributed by atoms with van der Waals surface area (Å²) >= 11 is 0. The molecule has 0 aromatic carbocycles. The largest absolute Gasteiger partial charge is 2.00 e. The van der Waals surface area contributed by atoms with Crippen molar-refractivity contribution < 1.29 is 43.0 Å².